The average Bonchev–Trinajstić information content (AvgIpc) is 2.19. The van der Waals surface area contributed by atoms with E-state index in [9.17, 15) is 4.79 Å². The summed E-state index contributed by atoms with van der Waals surface area (Å²) < 4.78 is -0.416. The van der Waals surface area contributed by atoms with E-state index in [1.807, 2.05) is 18.7 Å². The Morgan fingerprint density at radius 2 is 1.87 bits per heavy atom. The quantitative estimate of drug-likeness (QED) is 0.724. The Morgan fingerprint density at radius 3 is 2.27 bits per heavy atom. The highest BCUT2D eigenvalue weighted by Crippen LogP contribution is 2.27. The van der Waals surface area contributed by atoms with Crippen LogP contribution >= 0.6 is 15.9 Å². The molecule has 1 amide bonds. The minimum Gasteiger partial charge on any atom is -0.339 e. The Labute approximate surface area is 102 Å². The van der Waals surface area contributed by atoms with E-state index in [4.69, 9.17) is 0 Å². The number of nitrogens with zero attached hydrogens (tertiary/aromatic N) is 1. The Hall–Kier alpha value is -0.0500. The minimum absolute atomic E-state index is 0.233. The molecule has 0 aromatic rings. The summed E-state index contributed by atoms with van der Waals surface area (Å²) in [6.07, 6.45) is 6.25. The van der Waals surface area contributed by atoms with Crippen LogP contribution in [0, 0.1) is 0 Å². The van der Waals surface area contributed by atoms with Gasteiger partial charge in [-0.1, -0.05) is 35.2 Å². The van der Waals surface area contributed by atoms with Gasteiger partial charge >= 0.3 is 0 Å². The van der Waals surface area contributed by atoms with Crippen molar-refractivity contribution in [2.24, 2.45) is 0 Å². The van der Waals surface area contributed by atoms with Crippen LogP contribution < -0.4 is 0 Å². The van der Waals surface area contributed by atoms with E-state index in [2.05, 4.69) is 22.9 Å². The van der Waals surface area contributed by atoms with E-state index in [-0.39, 0.29) is 5.91 Å². The fraction of sp³-hybridized carbons (Fsp3) is 0.917. The predicted octanol–water partition coefficient (Wildman–Crippen LogP) is 3.34. The van der Waals surface area contributed by atoms with Gasteiger partial charge in [0.05, 0.1) is 4.32 Å². The molecular formula is C12H22BrNO. The van der Waals surface area contributed by atoms with Crippen LogP contribution in [0.2, 0.25) is 0 Å². The molecule has 0 aliphatic heterocycles. The Bertz CT molecular complexity index is 216. The second kappa shape index (κ2) is 5.33. The Balaban J connectivity index is 2.65. The Morgan fingerprint density at radius 1 is 1.33 bits per heavy atom. The van der Waals surface area contributed by atoms with Crippen molar-refractivity contribution in [1.29, 1.82) is 0 Å². The summed E-state index contributed by atoms with van der Waals surface area (Å²) in [6.45, 7) is 6.77. The molecule has 0 atom stereocenters. The number of amides is 1. The van der Waals surface area contributed by atoms with Crippen molar-refractivity contribution in [2.75, 3.05) is 6.54 Å². The molecule has 0 spiro atoms. The molecule has 1 aliphatic carbocycles. The molecule has 2 nitrogen and oxygen atoms in total. The first kappa shape index (κ1) is 13.0. The molecule has 1 saturated carbocycles. The number of halogens is 1. The number of carbonyl (C=O) groups is 1. The highest BCUT2D eigenvalue weighted by molar-refractivity contribution is 9.10. The van der Waals surface area contributed by atoms with Gasteiger partial charge in [-0.3, -0.25) is 4.79 Å². The number of hydrogen-bond donors (Lipinski definition) is 0. The zero-order valence-corrected chi connectivity index (χ0v) is 11.6. The first-order valence-corrected chi connectivity index (χ1v) is 6.76. The minimum atomic E-state index is -0.416. The first-order valence-electron chi connectivity index (χ1n) is 5.96. The van der Waals surface area contributed by atoms with Gasteiger partial charge in [0, 0.05) is 12.6 Å². The summed E-state index contributed by atoms with van der Waals surface area (Å²) >= 11 is 3.46. The third-order valence-corrected chi connectivity index (χ3v) is 3.46. The van der Waals surface area contributed by atoms with Gasteiger partial charge in [-0.05, 0) is 33.6 Å². The van der Waals surface area contributed by atoms with Crippen molar-refractivity contribution in [3.8, 4) is 0 Å². The van der Waals surface area contributed by atoms with E-state index < -0.39 is 4.32 Å². The molecule has 0 heterocycles. The molecule has 0 saturated heterocycles. The molecule has 0 radical (unpaired) electrons. The van der Waals surface area contributed by atoms with E-state index in [0.717, 1.165) is 6.54 Å². The standard InChI is InChI=1S/C12H22BrNO/c1-4-14(11(15)12(2,3)13)10-8-6-5-7-9-10/h10H,4-9H2,1-3H3. The van der Waals surface area contributed by atoms with Crippen molar-refractivity contribution in [2.45, 2.75) is 63.2 Å². The van der Waals surface area contributed by atoms with Gasteiger partial charge in [0.25, 0.3) is 0 Å². The predicted molar refractivity (Wildman–Crippen MR) is 67.3 cm³/mol. The molecule has 0 unspecified atom stereocenters. The van der Waals surface area contributed by atoms with Crippen LogP contribution in [0.15, 0.2) is 0 Å². The lowest BCUT2D eigenvalue weighted by Gasteiger charge is -2.36. The lowest BCUT2D eigenvalue weighted by molar-refractivity contribution is -0.135. The van der Waals surface area contributed by atoms with Crippen LogP contribution in [0.1, 0.15) is 52.9 Å². The third kappa shape index (κ3) is 3.47. The van der Waals surface area contributed by atoms with Gasteiger partial charge in [-0.15, -0.1) is 0 Å². The van der Waals surface area contributed by atoms with Crippen molar-refractivity contribution >= 4 is 21.8 Å². The average molecular weight is 276 g/mol. The first-order chi connectivity index (χ1) is 6.96. The van der Waals surface area contributed by atoms with Gasteiger partial charge in [-0.2, -0.15) is 0 Å². The van der Waals surface area contributed by atoms with Gasteiger partial charge < -0.3 is 4.90 Å². The topological polar surface area (TPSA) is 20.3 Å². The van der Waals surface area contributed by atoms with Crippen LogP contribution in [0.25, 0.3) is 0 Å². The Kier molecular flexibility index (Phi) is 4.63. The zero-order chi connectivity index (χ0) is 11.5. The van der Waals surface area contributed by atoms with Crippen molar-refractivity contribution in [3.63, 3.8) is 0 Å². The lowest BCUT2D eigenvalue weighted by Crippen LogP contribution is -2.48. The molecule has 0 bridgehead atoms. The highest BCUT2D eigenvalue weighted by atomic mass is 79.9. The molecular weight excluding hydrogens is 254 g/mol. The van der Waals surface area contributed by atoms with Crippen molar-refractivity contribution in [1.82, 2.24) is 4.90 Å². The van der Waals surface area contributed by atoms with Crippen LogP contribution in [-0.4, -0.2) is 27.7 Å². The molecule has 1 rings (SSSR count). The lowest BCUT2D eigenvalue weighted by atomic mass is 9.93. The number of carbonyl (C=O) groups excluding carboxylic acids is 1. The largest absolute Gasteiger partial charge is 0.339 e. The van der Waals surface area contributed by atoms with Crippen LogP contribution in [0.5, 0.6) is 0 Å². The summed E-state index contributed by atoms with van der Waals surface area (Å²) in [7, 11) is 0. The second-order valence-electron chi connectivity index (χ2n) is 4.86. The molecule has 15 heavy (non-hydrogen) atoms. The smallest absolute Gasteiger partial charge is 0.239 e. The maximum atomic E-state index is 12.2. The van der Waals surface area contributed by atoms with Crippen molar-refractivity contribution < 1.29 is 4.79 Å². The summed E-state index contributed by atoms with van der Waals surface area (Å²) in [6, 6.07) is 0.480. The van der Waals surface area contributed by atoms with E-state index in [0.29, 0.717) is 6.04 Å². The van der Waals surface area contributed by atoms with Crippen LogP contribution in [0.3, 0.4) is 0 Å². The molecule has 88 valence electrons. The highest BCUT2D eigenvalue weighted by Gasteiger charge is 2.32. The summed E-state index contributed by atoms with van der Waals surface area (Å²) in [5.74, 6) is 0.233. The normalized spacial score (nSPS) is 18.9. The SMILES string of the molecule is CCN(C(=O)C(C)(C)Br)C1CCCCC1. The number of hydrogen-bond acceptors (Lipinski definition) is 1. The van der Waals surface area contributed by atoms with E-state index >= 15 is 0 Å². The summed E-state index contributed by atoms with van der Waals surface area (Å²) in [5, 5.41) is 0. The molecule has 0 aromatic carbocycles. The summed E-state index contributed by atoms with van der Waals surface area (Å²) in [4.78, 5) is 14.2. The van der Waals surface area contributed by atoms with E-state index in [1.165, 1.54) is 32.1 Å². The zero-order valence-electron chi connectivity index (χ0n) is 10.1. The fourth-order valence-corrected chi connectivity index (χ4v) is 2.53. The second-order valence-corrected chi connectivity index (χ2v) is 6.84. The monoisotopic (exact) mass is 275 g/mol. The maximum Gasteiger partial charge on any atom is 0.239 e. The van der Waals surface area contributed by atoms with Gasteiger partial charge in [0.2, 0.25) is 5.91 Å². The van der Waals surface area contributed by atoms with Crippen LogP contribution in [0.4, 0.5) is 0 Å². The molecule has 3 heteroatoms. The van der Waals surface area contributed by atoms with Gasteiger partial charge in [-0.25, -0.2) is 0 Å². The van der Waals surface area contributed by atoms with Gasteiger partial charge in [0.15, 0.2) is 0 Å². The molecule has 0 N–H and O–H groups in total. The molecule has 1 aliphatic rings. The third-order valence-electron chi connectivity index (χ3n) is 3.13. The van der Waals surface area contributed by atoms with Crippen molar-refractivity contribution in [3.05, 3.63) is 0 Å². The summed E-state index contributed by atoms with van der Waals surface area (Å²) in [5.41, 5.74) is 0. The molecule has 0 aromatic heterocycles. The van der Waals surface area contributed by atoms with E-state index in [1.54, 1.807) is 0 Å². The maximum absolute atomic E-state index is 12.2. The van der Waals surface area contributed by atoms with Crippen LogP contribution in [-0.2, 0) is 4.79 Å². The molecule has 1 fully saturated rings. The number of alkyl halides is 1. The number of rotatable bonds is 3. The fourth-order valence-electron chi connectivity index (χ4n) is 2.30. The van der Waals surface area contributed by atoms with Gasteiger partial charge in [0.1, 0.15) is 0 Å².